The number of carbonyl (C=O) groups is 1. The standard InChI is InChI=1S/C13H15N3O3/c1-16-10(3-5-15-16)2-4-14-13(19)9-6-11(17)8-12(18)7-9/h3,5-8,17-18H,2,4H2,1H3,(H,14,19). The lowest BCUT2D eigenvalue weighted by atomic mass is 10.2. The number of amides is 1. The van der Waals surface area contributed by atoms with E-state index in [4.69, 9.17) is 0 Å². The highest BCUT2D eigenvalue weighted by Crippen LogP contribution is 2.20. The predicted octanol–water partition coefficient (Wildman–Crippen LogP) is 0.804. The monoisotopic (exact) mass is 261 g/mol. The molecule has 0 unspecified atom stereocenters. The molecule has 0 radical (unpaired) electrons. The van der Waals surface area contributed by atoms with Crippen LogP contribution in [0.2, 0.25) is 0 Å². The number of hydrogen-bond donors (Lipinski definition) is 3. The third kappa shape index (κ3) is 3.25. The molecule has 1 aromatic heterocycles. The van der Waals surface area contributed by atoms with Gasteiger partial charge in [0.15, 0.2) is 0 Å². The smallest absolute Gasteiger partial charge is 0.251 e. The molecule has 0 aliphatic carbocycles. The van der Waals surface area contributed by atoms with Crippen molar-refractivity contribution >= 4 is 5.91 Å². The molecule has 100 valence electrons. The second-order valence-electron chi connectivity index (χ2n) is 4.19. The average molecular weight is 261 g/mol. The Labute approximate surface area is 110 Å². The summed E-state index contributed by atoms with van der Waals surface area (Å²) >= 11 is 0. The maximum atomic E-state index is 11.8. The Bertz CT molecular complexity index is 572. The van der Waals surface area contributed by atoms with E-state index in [0.717, 1.165) is 5.69 Å². The number of hydrogen-bond acceptors (Lipinski definition) is 4. The number of phenolic OH excluding ortho intramolecular Hbond substituents is 2. The Balaban J connectivity index is 1.92. The van der Waals surface area contributed by atoms with Crippen LogP contribution in [0.25, 0.3) is 0 Å². The zero-order chi connectivity index (χ0) is 13.8. The van der Waals surface area contributed by atoms with E-state index in [1.807, 2.05) is 13.1 Å². The van der Waals surface area contributed by atoms with Crippen LogP contribution in [0.3, 0.4) is 0 Å². The van der Waals surface area contributed by atoms with Gasteiger partial charge in [-0.25, -0.2) is 0 Å². The van der Waals surface area contributed by atoms with Crippen LogP contribution in [0.4, 0.5) is 0 Å². The zero-order valence-electron chi connectivity index (χ0n) is 10.5. The number of rotatable bonds is 4. The van der Waals surface area contributed by atoms with Crippen LogP contribution < -0.4 is 5.32 Å². The Morgan fingerprint density at radius 3 is 2.58 bits per heavy atom. The molecule has 0 aliphatic rings. The van der Waals surface area contributed by atoms with Gasteiger partial charge < -0.3 is 15.5 Å². The van der Waals surface area contributed by atoms with Gasteiger partial charge in [0, 0.05) is 43.5 Å². The molecule has 0 bridgehead atoms. The minimum absolute atomic E-state index is 0.142. The van der Waals surface area contributed by atoms with Crippen molar-refractivity contribution in [3.05, 3.63) is 41.7 Å². The van der Waals surface area contributed by atoms with Gasteiger partial charge in [-0.05, 0) is 18.2 Å². The SMILES string of the molecule is Cn1nccc1CCNC(=O)c1cc(O)cc(O)c1. The van der Waals surface area contributed by atoms with Crippen molar-refractivity contribution in [3.8, 4) is 11.5 Å². The van der Waals surface area contributed by atoms with Crippen molar-refractivity contribution in [2.75, 3.05) is 6.54 Å². The molecule has 1 amide bonds. The second-order valence-corrected chi connectivity index (χ2v) is 4.19. The molecule has 3 N–H and O–H groups in total. The maximum Gasteiger partial charge on any atom is 0.251 e. The number of aromatic hydroxyl groups is 2. The third-order valence-corrected chi connectivity index (χ3v) is 2.75. The molecule has 0 aliphatic heterocycles. The van der Waals surface area contributed by atoms with Gasteiger partial charge in [0.25, 0.3) is 5.91 Å². The number of nitrogens with one attached hydrogen (secondary N) is 1. The largest absolute Gasteiger partial charge is 0.508 e. The summed E-state index contributed by atoms with van der Waals surface area (Å²) in [5.74, 6) is -0.623. The second kappa shape index (κ2) is 5.43. The minimum Gasteiger partial charge on any atom is -0.508 e. The maximum absolute atomic E-state index is 11.8. The Hall–Kier alpha value is -2.50. The van der Waals surface area contributed by atoms with Crippen LogP contribution in [0.5, 0.6) is 11.5 Å². The van der Waals surface area contributed by atoms with Crippen LogP contribution in [0, 0.1) is 0 Å². The molecule has 19 heavy (non-hydrogen) atoms. The van der Waals surface area contributed by atoms with E-state index < -0.39 is 0 Å². The minimum atomic E-state index is -0.339. The highest BCUT2D eigenvalue weighted by molar-refractivity contribution is 5.95. The normalized spacial score (nSPS) is 10.4. The summed E-state index contributed by atoms with van der Waals surface area (Å²) in [6.45, 7) is 0.453. The van der Waals surface area contributed by atoms with Crippen LogP contribution in [-0.2, 0) is 13.5 Å². The lowest BCUT2D eigenvalue weighted by molar-refractivity contribution is 0.0953. The number of benzene rings is 1. The molecular formula is C13H15N3O3. The first-order chi connectivity index (χ1) is 9.06. The van der Waals surface area contributed by atoms with Gasteiger partial charge in [-0.3, -0.25) is 9.48 Å². The molecular weight excluding hydrogens is 246 g/mol. The number of nitrogens with zero attached hydrogens (tertiary/aromatic N) is 2. The van der Waals surface area contributed by atoms with Gasteiger partial charge in [-0.15, -0.1) is 0 Å². The molecule has 0 spiro atoms. The lowest BCUT2D eigenvalue weighted by Crippen LogP contribution is -2.26. The summed E-state index contributed by atoms with van der Waals surface area (Å²) in [5, 5.41) is 25.4. The Kier molecular flexibility index (Phi) is 3.70. The van der Waals surface area contributed by atoms with Crippen molar-refractivity contribution in [2.24, 2.45) is 7.05 Å². The number of aromatic nitrogens is 2. The van der Waals surface area contributed by atoms with E-state index >= 15 is 0 Å². The van der Waals surface area contributed by atoms with Gasteiger partial charge in [0.2, 0.25) is 0 Å². The zero-order valence-corrected chi connectivity index (χ0v) is 10.5. The van der Waals surface area contributed by atoms with Crippen LogP contribution in [-0.4, -0.2) is 32.4 Å². The van der Waals surface area contributed by atoms with E-state index in [-0.39, 0.29) is 23.0 Å². The van der Waals surface area contributed by atoms with Crippen LogP contribution in [0.1, 0.15) is 16.1 Å². The summed E-state index contributed by atoms with van der Waals surface area (Å²) in [6, 6.07) is 5.66. The fourth-order valence-electron chi connectivity index (χ4n) is 1.78. The fraction of sp³-hybridized carbons (Fsp3) is 0.231. The summed E-state index contributed by atoms with van der Waals surface area (Å²) in [4.78, 5) is 11.8. The van der Waals surface area contributed by atoms with Gasteiger partial charge in [0.05, 0.1) is 0 Å². The first-order valence-corrected chi connectivity index (χ1v) is 5.84. The molecule has 6 nitrogen and oxygen atoms in total. The first kappa shape index (κ1) is 12.9. The molecule has 1 aromatic carbocycles. The molecule has 0 atom stereocenters. The quantitative estimate of drug-likeness (QED) is 0.759. The van der Waals surface area contributed by atoms with E-state index in [0.29, 0.717) is 13.0 Å². The van der Waals surface area contributed by atoms with Crippen molar-refractivity contribution in [1.82, 2.24) is 15.1 Å². The molecule has 2 aromatic rings. The highest BCUT2D eigenvalue weighted by atomic mass is 16.3. The van der Waals surface area contributed by atoms with Gasteiger partial charge in [-0.2, -0.15) is 5.10 Å². The molecule has 0 saturated carbocycles. The Morgan fingerprint density at radius 1 is 1.32 bits per heavy atom. The van der Waals surface area contributed by atoms with E-state index in [2.05, 4.69) is 10.4 Å². The lowest BCUT2D eigenvalue weighted by Gasteiger charge is -2.06. The predicted molar refractivity (Wildman–Crippen MR) is 69.0 cm³/mol. The molecule has 0 saturated heterocycles. The van der Waals surface area contributed by atoms with E-state index in [1.54, 1.807) is 10.9 Å². The summed E-state index contributed by atoms with van der Waals surface area (Å²) in [5.41, 5.74) is 1.24. The molecule has 0 fully saturated rings. The first-order valence-electron chi connectivity index (χ1n) is 5.84. The van der Waals surface area contributed by atoms with Crippen molar-refractivity contribution < 1.29 is 15.0 Å². The average Bonchev–Trinajstić information content (AvgIpc) is 2.74. The fourth-order valence-corrected chi connectivity index (χ4v) is 1.78. The van der Waals surface area contributed by atoms with E-state index in [9.17, 15) is 15.0 Å². The van der Waals surface area contributed by atoms with Crippen LogP contribution >= 0.6 is 0 Å². The number of carbonyl (C=O) groups excluding carboxylic acids is 1. The third-order valence-electron chi connectivity index (χ3n) is 2.75. The molecule has 2 rings (SSSR count). The van der Waals surface area contributed by atoms with Crippen molar-refractivity contribution in [3.63, 3.8) is 0 Å². The number of phenols is 2. The summed E-state index contributed by atoms with van der Waals surface area (Å²) in [7, 11) is 1.84. The highest BCUT2D eigenvalue weighted by Gasteiger charge is 2.08. The molecule has 1 heterocycles. The van der Waals surface area contributed by atoms with Gasteiger partial charge in [-0.1, -0.05) is 0 Å². The Morgan fingerprint density at radius 2 is 2.00 bits per heavy atom. The van der Waals surface area contributed by atoms with Gasteiger partial charge >= 0.3 is 0 Å². The van der Waals surface area contributed by atoms with Crippen LogP contribution in [0.15, 0.2) is 30.5 Å². The topological polar surface area (TPSA) is 87.4 Å². The van der Waals surface area contributed by atoms with E-state index in [1.165, 1.54) is 18.2 Å². The number of aryl methyl sites for hydroxylation is 1. The summed E-state index contributed by atoms with van der Waals surface area (Å²) < 4.78 is 1.74. The van der Waals surface area contributed by atoms with Crippen molar-refractivity contribution in [2.45, 2.75) is 6.42 Å². The summed E-state index contributed by atoms with van der Waals surface area (Å²) in [6.07, 6.45) is 2.36. The van der Waals surface area contributed by atoms with Gasteiger partial charge in [0.1, 0.15) is 11.5 Å². The molecule has 6 heteroatoms. The van der Waals surface area contributed by atoms with Crippen molar-refractivity contribution in [1.29, 1.82) is 0 Å².